The fourth-order valence-corrected chi connectivity index (χ4v) is 2.24. The minimum atomic E-state index is 0.376. The number of ether oxygens (including phenoxy) is 1. The Labute approximate surface area is 120 Å². The van der Waals surface area contributed by atoms with Crippen LogP contribution in [0, 0.1) is 0 Å². The molecule has 0 amide bonds. The summed E-state index contributed by atoms with van der Waals surface area (Å²) in [6, 6.07) is 5.99. The number of nitrogens with one attached hydrogen (secondary N) is 1. The van der Waals surface area contributed by atoms with Crippen LogP contribution in [0.2, 0.25) is 10.0 Å². The summed E-state index contributed by atoms with van der Waals surface area (Å²) in [4.78, 5) is 0. The third kappa shape index (κ3) is 5.57. The van der Waals surface area contributed by atoms with Crippen molar-refractivity contribution in [2.45, 2.75) is 32.2 Å². The number of hydrogen-bond acceptors (Lipinski definition) is 2. The average molecular weight is 290 g/mol. The third-order valence-electron chi connectivity index (χ3n) is 2.83. The monoisotopic (exact) mass is 289 g/mol. The normalized spacial score (nSPS) is 12.7. The van der Waals surface area contributed by atoms with Crippen molar-refractivity contribution in [2.75, 3.05) is 20.3 Å². The van der Waals surface area contributed by atoms with Gasteiger partial charge in [-0.05, 0) is 49.6 Å². The molecule has 2 nitrogen and oxygen atoms in total. The van der Waals surface area contributed by atoms with Gasteiger partial charge in [0.2, 0.25) is 0 Å². The number of methoxy groups -OCH3 is 1. The Hall–Kier alpha value is -0.280. The Morgan fingerprint density at radius 3 is 2.78 bits per heavy atom. The van der Waals surface area contributed by atoms with Gasteiger partial charge < -0.3 is 10.1 Å². The molecule has 1 N–H and O–H groups in total. The molecule has 0 saturated heterocycles. The molecule has 0 aromatic heterocycles. The smallest absolute Gasteiger partial charge is 0.0477 e. The van der Waals surface area contributed by atoms with Crippen LogP contribution in [0.1, 0.15) is 25.3 Å². The lowest BCUT2D eigenvalue weighted by molar-refractivity contribution is 0.182. The van der Waals surface area contributed by atoms with Gasteiger partial charge in [0, 0.05) is 29.8 Å². The van der Waals surface area contributed by atoms with Crippen molar-refractivity contribution in [3.63, 3.8) is 0 Å². The standard InChI is InChI=1S/C14H21Cl2NO/c1-3-7-17-13(6-8-18-2)10-11-9-12(15)4-5-14(11)16/h4-5,9,13,17H,3,6-8,10H2,1-2H3. The Bertz CT molecular complexity index is 350. The van der Waals surface area contributed by atoms with Crippen molar-refractivity contribution in [1.29, 1.82) is 0 Å². The first-order chi connectivity index (χ1) is 8.67. The molecule has 102 valence electrons. The zero-order chi connectivity index (χ0) is 13.4. The van der Waals surface area contributed by atoms with E-state index in [4.69, 9.17) is 27.9 Å². The molecular weight excluding hydrogens is 269 g/mol. The summed E-state index contributed by atoms with van der Waals surface area (Å²) in [5.74, 6) is 0. The predicted octanol–water partition coefficient (Wildman–Crippen LogP) is 3.94. The first-order valence-electron chi connectivity index (χ1n) is 6.33. The summed E-state index contributed by atoms with van der Waals surface area (Å²) in [6.45, 7) is 3.92. The van der Waals surface area contributed by atoms with E-state index in [2.05, 4.69) is 12.2 Å². The SMILES string of the molecule is CCCNC(CCOC)Cc1cc(Cl)ccc1Cl. The lowest BCUT2D eigenvalue weighted by atomic mass is 10.0. The lowest BCUT2D eigenvalue weighted by Crippen LogP contribution is -2.33. The second-order valence-electron chi connectivity index (χ2n) is 4.37. The highest BCUT2D eigenvalue weighted by Crippen LogP contribution is 2.22. The van der Waals surface area contributed by atoms with Crippen molar-refractivity contribution >= 4 is 23.2 Å². The molecule has 0 saturated carbocycles. The zero-order valence-electron chi connectivity index (χ0n) is 11.0. The summed E-state index contributed by atoms with van der Waals surface area (Å²) in [7, 11) is 1.73. The molecule has 1 atom stereocenters. The molecule has 1 unspecified atom stereocenters. The highest BCUT2D eigenvalue weighted by molar-refractivity contribution is 6.33. The van der Waals surface area contributed by atoms with Crippen LogP contribution in [0.5, 0.6) is 0 Å². The van der Waals surface area contributed by atoms with Gasteiger partial charge in [-0.15, -0.1) is 0 Å². The minimum absolute atomic E-state index is 0.376. The van der Waals surface area contributed by atoms with E-state index < -0.39 is 0 Å². The van der Waals surface area contributed by atoms with E-state index in [1.165, 1.54) is 0 Å². The molecule has 0 spiro atoms. The van der Waals surface area contributed by atoms with Gasteiger partial charge in [-0.3, -0.25) is 0 Å². The minimum Gasteiger partial charge on any atom is -0.385 e. The number of halogens is 2. The third-order valence-corrected chi connectivity index (χ3v) is 3.43. The highest BCUT2D eigenvalue weighted by atomic mass is 35.5. The topological polar surface area (TPSA) is 21.3 Å². The maximum absolute atomic E-state index is 6.19. The van der Waals surface area contributed by atoms with E-state index >= 15 is 0 Å². The van der Waals surface area contributed by atoms with E-state index in [0.717, 1.165) is 48.0 Å². The van der Waals surface area contributed by atoms with Crippen molar-refractivity contribution in [1.82, 2.24) is 5.32 Å². The van der Waals surface area contributed by atoms with Gasteiger partial charge >= 0.3 is 0 Å². The van der Waals surface area contributed by atoms with E-state index in [0.29, 0.717) is 6.04 Å². The molecule has 4 heteroatoms. The summed E-state index contributed by atoms with van der Waals surface area (Å²) in [5.41, 5.74) is 1.09. The molecule has 1 aromatic rings. The fraction of sp³-hybridized carbons (Fsp3) is 0.571. The number of hydrogen-bond donors (Lipinski definition) is 1. The lowest BCUT2D eigenvalue weighted by Gasteiger charge is -2.19. The van der Waals surface area contributed by atoms with Gasteiger partial charge in [-0.25, -0.2) is 0 Å². The second kappa shape index (κ2) is 8.76. The molecule has 18 heavy (non-hydrogen) atoms. The van der Waals surface area contributed by atoms with E-state index in [9.17, 15) is 0 Å². The first kappa shape index (κ1) is 15.8. The van der Waals surface area contributed by atoms with Crippen molar-refractivity contribution < 1.29 is 4.74 Å². The summed E-state index contributed by atoms with van der Waals surface area (Å²) >= 11 is 12.2. The van der Waals surface area contributed by atoms with E-state index in [1.807, 2.05) is 18.2 Å². The van der Waals surface area contributed by atoms with Gasteiger partial charge in [-0.2, -0.15) is 0 Å². The fourth-order valence-electron chi connectivity index (χ4n) is 1.85. The summed E-state index contributed by atoms with van der Waals surface area (Å²) < 4.78 is 5.14. The largest absolute Gasteiger partial charge is 0.385 e. The Balaban J connectivity index is 2.65. The van der Waals surface area contributed by atoms with Gasteiger partial charge in [0.05, 0.1) is 0 Å². The second-order valence-corrected chi connectivity index (χ2v) is 5.22. The van der Waals surface area contributed by atoms with E-state index in [-0.39, 0.29) is 0 Å². The maximum Gasteiger partial charge on any atom is 0.0477 e. The van der Waals surface area contributed by atoms with Crippen LogP contribution >= 0.6 is 23.2 Å². The molecule has 0 heterocycles. The summed E-state index contributed by atoms with van der Waals surface area (Å²) in [5, 5.41) is 5.03. The number of rotatable bonds is 8. The quantitative estimate of drug-likeness (QED) is 0.783. The number of benzene rings is 1. The van der Waals surface area contributed by atoms with Crippen LogP contribution in [0.4, 0.5) is 0 Å². The van der Waals surface area contributed by atoms with Crippen molar-refractivity contribution in [2.24, 2.45) is 0 Å². The van der Waals surface area contributed by atoms with Crippen molar-refractivity contribution in [3.05, 3.63) is 33.8 Å². The molecule has 0 radical (unpaired) electrons. The van der Waals surface area contributed by atoms with Crippen LogP contribution in [0.25, 0.3) is 0 Å². The Morgan fingerprint density at radius 1 is 1.33 bits per heavy atom. The average Bonchev–Trinajstić information content (AvgIpc) is 2.37. The van der Waals surface area contributed by atoms with Gasteiger partial charge in [0.1, 0.15) is 0 Å². The molecule has 0 aliphatic carbocycles. The van der Waals surface area contributed by atoms with Gasteiger partial charge in [0.25, 0.3) is 0 Å². The van der Waals surface area contributed by atoms with Crippen LogP contribution in [-0.2, 0) is 11.2 Å². The zero-order valence-corrected chi connectivity index (χ0v) is 12.5. The van der Waals surface area contributed by atoms with E-state index in [1.54, 1.807) is 7.11 Å². The molecule has 0 aliphatic heterocycles. The Morgan fingerprint density at radius 2 is 2.11 bits per heavy atom. The molecule has 1 aromatic carbocycles. The molecular formula is C14H21Cl2NO. The summed E-state index contributed by atoms with van der Waals surface area (Å²) in [6.07, 6.45) is 2.97. The van der Waals surface area contributed by atoms with Gasteiger partial charge in [0.15, 0.2) is 0 Å². The van der Waals surface area contributed by atoms with Crippen LogP contribution < -0.4 is 5.32 Å². The molecule has 1 rings (SSSR count). The maximum atomic E-state index is 6.19. The molecule has 0 bridgehead atoms. The van der Waals surface area contributed by atoms with Crippen molar-refractivity contribution in [3.8, 4) is 0 Å². The highest BCUT2D eigenvalue weighted by Gasteiger charge is 2.11. The molecule has 0 fully saturated rings. The predicted molar refractivity (Wildman–Crippen MR) is 78.7 cm³/mol. The van der Waals surface area contributed by atoms with Crippen LogP contribution in [0.3, 0.4) is 0 Å². The van der Waals surface area contributed by atoms with Crippen LogP contribution in [0.15, 0.2) is 18.2 Å². The van der Waals surface area contributed by atoms with Crippen LogP contribution in [-0.4, -0.2) is 26.3 Å². The molecule has 0 aliphatic rings. The van der Waals surface area contributed by atoms with Gasteiger partial charge in [-0.1, -0.05) is 30.1 Å². The first-order valence-corrected chi connectivity index (χ1v) is 7.09. The Kier molecular flexibility index (Phi) is 7.68.